The molecule has 0 fully saturated rings. The quantitative estimate of drug-likeness (QED) is 0.492. The summed E-state index contributed by atoms with van der Waals surface area (Å²) >= 11 is 0. The number of unbranched alkanes of at least 4 members (excludes halogenated alkanes) is 4. The smallest absolute Gasteiger partial charge is 0.150 e. The first-order valence-electron chi connectivity index (χ1n) is 7.31. The molecule has 0 aliphatic rings. The highest BCUT2D eigenvalue weighted by Gasteiger charge is 1.99. The van der Waals surface area contributed by atoms with Crippen molar-refractivity contribution in [1.82, 2.24) is 0 Å². The SMILES string of the molecule is CCCCCCCc1ccc2cc(C=O)ccc2c1. The fourth-order valence-electron chi connectivity index (χ4n) is 2.48. The normalized spacial score (nSPS) is 10.8. The van der Waals surface area contributed by atoms with Gasteiger partial charge in [-0.25, -0.2) is 0 Å². The molecule has 1 heteroatoms. The van der Waals surface area contributed by atoms with Gasteiger partial charge in [-0.2, -0.15) is 0 Å². The Morgan fingerprint density at radius 1 is 0.895 bits per heavy atom. The third kappa shape index (κ3) is 3.92. The largest absolute Gasteiger partial charge is 0.298 e. The number of fused-ring (bicyclic) bond motifs is 1. The minimum atomic E-state index is 0.750. The highest BCUT2D eigenvalue weighted by Crippen LogP contribution is 2.19. The van der Waals surface area contributed by atoms with Gasteiger partial charge in [0.1, 0.15) is 6.29 Å². The van der Waals surface area contributed by atoms with E-state index in [0.717, 1.165) is 23.7 Å². The molecule has 0 unspecified atom stereocenters. The monoisotopic (exact) mass is 254 g/mol. The molecule has 0 radical (unpaired) electrons. The van der Waals surface area contributed by atoms with Crippen molar-refractivity contribution in [2.24, 2.45) is 0 Å². The summed E-state index contributed by atoms with van der Waals surface area (Å²) in [6.45, 7) is 2.25. The molecule has 0 aromatic heterocycles. The molecule has 0 spiro atoms. The van der Waals surface area contributed by atoms with Crippen molar-refractivity contribution in [2.75, 3.05) is 0 Å². The van der Waals surface area contributed by atoms with E-state index in [0.29, 0.717) is 0 Å². The Labute approximate surface area is 115 Å². The maximum atomic E-state index is 10.7. The van der Waals surface area contributed by atoms with Crippen LogP contribution in [0.5, 0.6) is 0 Å². The van der Waals surface area contributed by atoms with Crippen LogP contribution in [0.2, 0.25) is 0 Å². The summed E-state index contributed by atoms with van der Waals surface area (Å²) < 4.78 is 0. The van der Waals surface area contributed by atoms with Crippen molar-refractivity contribution in [1.29, 1.82) is 0 Å². The van der Waals surface area contributed by atoms with Gasteiger partial charge < -0.3 is 0 Å². The molecule has 0 saturated heterocycles. The van der Waals surface area contributed by atoms with E-state index in [1.165, 1.54) is 43.1 Å². The molecular formula is C18H22O. The number of carbonyl (C=O) groups is 1. The van der Waals surface area contributed by atoms with E-state index >= 15 is 0 Å². The Morgan fingerprint density at radius 2 is 1.63 bits per heavy atom. The third-order valence-electron chi connectivity index (χ3n) is 3.63. The lowest BCUT2D eigenvalue weighted by Gasteiger charge is -2.04. The van der Waals surface area contributed by atoms with Crippen LogP contribution in [0.25, 0.3) is 10.8 Å². The zero-order chi connectivity index (χ0) is 13.5. The lowest BCUT2D eigenvalue weighted by Crippen LogP contribution is -1.87. The van der Waals surface area contributed by atoms with Crippen LogP contribution in [0.1, 0.15) is 54.9 Å². The molecule has 0 bridgehead atoms. The van der Waals surface area contributed by atoms with Crippen LogP contribution in [0.3, 0.4) is 0 Å². The molecule has 2 aromatic carbocycles. The average Bonchev–Trinajstić information content (AvgIpc) is 2.46. The first-order chi connectivity index (χ1) is 9.33. The van der Waals surface area contributed by atoms with Crippen molar-refractivity contribution in [2.45, 2.75) is 45.4 Å². The molecule has 2 aromatic rings. The van der Waals surface area contributed by atoms with Crippen LogP contribution < -0.4 is 0 Å². The van der Waals surface area contributed by atoms with Gasteiger partial charge in [0.2, 0.25) is 0 Å². The zero-order valence-electron chi connectivity index (χ0n) is 11.7. The van der Waals surface area contributed by atoms with Crippen LogP contribution >= 0.6 is 0 Å². The molecule has 1 nitrogen and oxygen atoms in total. The fourth-order valence-corrected chi connectivity index (χ4v) is 2.48. The zero-order valence-corrected chi connectivity index (χ0v) is 11.7. The highest BCUT2D eigenvalue weighted by atomic mass is 16.1. The van der Waals surface area contributed by atoms with Gasteiger partial charge in [0.15, 0.2) is 0 Å². The highest BCUT2D eigenvalue weighted by molar-refractivity contribution is 5.89. The second-order valence-corrected chi connectivity index (χ2v) is 5.22. The molecule has 19 heavy (non-hydrogen) atoms. The Hall–Kier alpha value is -1.63. The van der Waals surface area contributed by atoms with E-state index in [4.69, 9.17) is 0 Å². The molecule has 0 saturated carbocycles. The first-order valence-corrected chi connectivity index (χ1v) is 7.31. The molecule has 0 aliphatic carbocycles. The predicted octanol–water partition coefficient (Wildman–Crippen LogP) is 5.17. The van der Waals surface area contributed by atoms with E-state index in [9.17, 15) is 4.79 Å². The Morgan fingerprint density at radius 3 is 2.42 bits per heavy atom. The Kier molecular flexibility index (Phi) is 5.14. The molecule has 100 valence electrons. The first kappa shape index (κ1) is 13.8. The van der Waals surface area contributed by atoms with E-state index in [-0.39, 0.29) is 0 Å². The van der Waals surface area contributed by atoms with Crippen molar-refractivity contribution >= 4 is 17.1 Å². The maximum absolute atomic E-state index is 10.7. The Balaban J connectivity index is 1.99. The minimum Gasteiger partial charge on any atom is -0.298 e. The third-order valence-corrected chi connectivity index (χ3v) is 3.63. The van der Waals surface area contributed by atoms with E-state index < -0.39 is 0 Å². The summed E-state index contributed by atoms with van der Waals surface area (Å²) in [6, 6.07) is 12.5. The molecule has 0 amide bonds. The predicted molar refractivity (Wildman–Crippen MR) is 81.8 cm³/mol. The van der Waals surface area contributed by atoms with Crippen LogP contribution in [0.15, 0.2) is 36.4 Å². The number of aldehydes is 1. The number of benzene rings is 2. The molecule has 0 atom stereocenters. The second kappa shape index (κ2) is 7.08. The van der Waals surface area contributed by atoms with Gasteiger partial charge in [-0.3, -0.25) is 4.79 Å². The summed E-state index contributed by atoms with van der Waals surface area (Å²) in [7, 11) is 0. The molecule has 0 aliphatic heterocycles. The van der Waals surface area contributed by atoms with Gasteiger partial charge in [-0.05, 0) is 35.2 Å². The van der Waals surface area contributed by atoms with Crippen LogP contribution in [-0.4, -0.2) is 6.29 Å². The standard InChI is InChI=1S/C18H22O/c1-2-3-4-5-6-7-15-8-10-18-13-16(14-19)9-11-17(18)12-15/h8-14H,2-7H2,1H3. The van der Waals surface area contributed by atoms with Crippen molar-refractivity contribution in [3.63, 3.8) is 0 Å². The van der Waals surface area contributed by atoms with Gasteiger partial charge >= 0.3 is 0 Å². The molecular weight excluding hydrogens is 232 g/mol. The van der Waals surface area contributed by atoms with Crippen LogP contribution in [-0.2, 0) is 6.42 Å². The summed E-state index contributed by atoms with van der Waals surface area (Å²) in [5.74, 6) is 0. The fraction of sp³-hybridized carbons (Fsp3) is 0.389. The number of hydrogen-bond acceptors (Lipinski definition) is 1. The summed E-state index contributed by atoms with van der Waals surface area (Å²) in [4.78, 5) is 10.7. The topological polar surface area (TPSA) is 17.1 Å². The summed E-state index contributed by atoms with van der Waals surface area (Å²) in [6.07, 6.45) is 8.68. The molecule has 0 N–H and O–H groups in total. The van der Waals surface area contributed by atoms with Gasteiger partial charge in [-0.15, -0.1) is 0 Å². The van der Waals surface area contributed by atoms with E-state index in [1.54, 1.807) is 0 Å². The number of aryl methyl sites for hydroxylation is 1. The maximum Gasteiger partial charge on any atom is 0.150 e. The molecule has 2 rings (SSSR count). The van der Waals surface area contributed by atoms with Gasteiger partial charge in [0.05, 0.1) is 0 Å². The number of rotatable bonds is 7. The van der Waals surface area contributed by atoms with Crippen molar-refractivity contribution in [3.05, 3.63) is 47.5 Å². The van der Waals surface area contributed by atoms with E-state index in [2.05, 4.69) is 25.1 Å². The summed E-state index contributed by atoms with van der Waals surface area (Å²) in [5.41, 5.74) is 2.16. The minimum absolute atomic E-state index is 0.750. The van der Waals surface area contributed by atoms with E-state index in [1.807, 2.05) is 18.2 Å². The van der Waals surface area contributed by atoms with Crippen LogP contribution in [0, 0.1) is 0 Å². The van der Waals surface area contributed by atoms with Gasteiger partial charge in [-0.1, -0.05) is 62.9 Å². The second-order valence-electron chi connectivity index (χ2n) is 5.22. The van der Waals surface area contributed by atoms with Crippen molar-refractivity contribution < 1.29 is 4.79 Å². The van der Waals surface area contributed by atoms with Gasteiger partial charge in [0.25, 0.3) is 0 Å². The van der Waals surface area contributed by atoms with Crippen LogP contribution in [0.4, 0.5) is 0 Å². The average molecular weight is 254 g/mol. The lowest BCUT2D eigenvalue weighted by atomic mass is 10.0. The number of hydrogen-bond donors (Lipinski definition) is 0. The number of carbonyl (C=O) groups excluding carboxylic acids is 1. The molecule has 0 heterocycles. The van der Waals surface area contributed by atoms with Crippen molar-refractivity contribution in [3.8, 4) is 0 Å². The summed E-state index contributed by atoms with van der Waals surface area (Å²) in [5, 5.41) is 2.39. The lowest BCUT2D eigenvalue weighted by molar-refractivity contribution is 0.112. The Bertz CT molecular complexity index is 542. The van der Waals surface area contributed by atoms with Gasteiger partial charge in [0, 0.05) is 5.56 Å².